The Balaban J connectivity index is 1.45. The van der Waals surface area contributed by atoms with Gasteiger partial charge in [0.05, 0.1) is 0 Å². The number of amides is 1. The first-order valence-electron chi connectivity index (χ1n) is 11.2. The van der Waals surface area contributed by atoms with E-state index >= 15 is 0 Å². The van der Waals surface area contributed by atoms with E-state index in [1.54, 1.807) is 0 Å². The summed E-state index contributed by atoms with van der Waals surface area (Å²) in [7, 11) is 0. The molecule has 0 aliphatic heterocycles. The Hall–Kier alpha value is -3.95. The molecular formula is C31H20BrNO. The molecule has 6 rings (SSSR count). The quantitative estimate of drug-likeness (QED) is 0.241. The number of rotatable bonds is 3. The van der Waals surface area contributed by atoms with Gasteiger partial charge in [-0.25, -0.2) is 0 Å². The highest BCUT2D eigenvalue weighted by molar-refractivity contribution is 9.10. The predicted molar refractivity (Wildman–Crippen MR) is 146 cm³/mol. The fraction of sp³-hybridized carbons (Fsp3) is 0. The lowest BCUT2D eigenvalue weighted by atomic mass is 9.92. The van der Waals surface area contributed by atoms with Crippen molar-refractivity contribution in [2.45, 2.75) is 0 Å². The van der Waals surface area contributed by atoms with Gasteiger partial charge in [-0.1, -0.05) is 94.8 Å². The molecule has 0 fully saturated rings. The first-order chi connectivity index (χ1) is 16.7. The van der Waals surface area contributed by atoms with Gasteiger partial charge in [0.2, 0.25) is 0 Å². The summed E-state index contributed by atoms with van der Waals surface area (Å²) in [5, 5.41) is 10.1. The largest absolute Gasteiger partial charge is 0.321 e. The highest BCUT2D eigenvalue weighted by atomic mass is 79.9. The maximum atomic E-state index is 13.3. The number of anilines is 1. The summed E-state index contributed by atoms with van der Waals surface area (Å²) in [4.78, 5) is 13.3. The van der Waals surface area contributed by atoms with Crippen molar-refractivity contribution in [3.05, 3.63) is 125 Å². The Morgan fingerprint density at radius 1 is 0.559 bits per heavy atom. The van der Waals surface area contributed by atoms with Gasteiger partial charge in [-0.2, -0.15) is 0 Å². The van der Waals surface area contributed by atoms with Gasteiger partial charge in [-0.15, -0.1) is 0 Å². The molecule has 3 heteroatoms. The van der Waals surface area contributed by atoms with Gasteiger partial charge >= 0.3 is 0 Å². The molecule has 0 saturated carbocycles. The molecule has 0 heterocycles. The zero-order valence-electron chi connectivity index (χ0n) is 18.3. The average molecular weight is 502 g/mol. The summed E-state index contributed by atoms with van der Waals surface area (Å²) in [6, 6.07) is 39.0. The number of nitrogens with one attached hydrogen (secondary N) is 1. The first-order valence-corrected chi connectivity index (χ1v) is 12.0. The first kappa shape index (κ1) is 20.6. The van der Waals surface area contributed by atoms with Crippen LogP contribution < -0.4 is 5.32 Å². The summed E-state index contributed by atoms with van der Waals surface area (Å²) in [5.74, 6) is -0.123. The van der Waals surface area contributed by atoms with Crippen LogP contribution in [-0.2, 0) is 0 Å². The number of carbonyl (C=O) groups is 1. The third kappa shape index (κ3) is 3.64. The molecule has 34 heavy (non-hydrogen) atoms. The van der Waals surface area contributed by atoms with E-state index in [1.807, 2.05) is 48.5 Å². The minimum absolute atomic E-state index is 0.123. The zero-order chi connectivity index (χ0) is 23.1. The van der Waals surface area contributed by atoms with E-state index in [9.17, 15) is 4.79 Å². The smallest absolute Gasteiger partial charge is 0.255 e. The fourth-order valence-electron chi connectivity index (χ4n) is 4.66. The lowest BCUT2D eigenvalue weighted by molar-refractivity contribution is 0.102. The van der Waals surface area contributed by atoms with E-state index in [2.05, 4.69) is 88.0 Å². The Bertz CT molecular complexity index is 1720. The van der Waals surface area contributed by atoms with Crippen LogP contribution in [0.25, 0.3) is 43.4 Å². The number of benzene rings is 6. The van der Waals surface area contributed by atoms with E-state index in [0.29, 0.717) is 5.56 Å². The molecule has 0 aliphatic rings. The Labute approximate surface area is 206 Å². The van der Waals surface area contributed by atoms with Crippen molar-refractivity contribution in [2.24, 2.45) is 0 Å². The van der Waals surface area contributed by atoms with Crippen molar-refractivity contribution in [3.8, 4) is 11.1 Å². The monoisotopic (exact) mass is 501 g/mol. The van der Waals surface area contributed by atoms with Gasteiger partial charge in [-0.3, -0.25) is 4.79 Å². The second-order valence-electron chi connectivity index (χ2n) is 8.40. The van der Waals surface area contributed by atoms with Gasteiger partial charge < -0.3 is 5.32 Å². The molecule has 0 unspecified atom stereocenters. The van der Waals surface area contributed by atoms with Crippen LogP contribution in [0, 0.1) is 0 Å². The Morgan fingerprint density at radius 3 is 2.12 bits per heavy atom. The predicted octanol–water partition coefficient (Wildman–Crippen LogP) is 8.83. The fourth-order valence-corrected chi connectivity index (χ4v) is 5.04. The SMILES string of the molecule is O=C(Nc1ccccc1-c1cc2ccccc2c2ccccc12)c1ccc2cc(Br)ccc2c1. The molecule has 6 aromatic rings. The van der Waals surface area contributed by atoms with Gasteiger partial charge in [0.15, 0.2) is 0 Å². The van der Waals surface area contributed by atoms with Crippen LogP contribution in [0.2, 0.25) is 0 Å². The summed E-state index contributed by atoms with van der Waals surface area (Å²) in [6.45, 7) is 0. The highest BCUT2D eigenvalue weighted by Gasteiger charge is 2.14. The van der Waals surface area contributed by atoms with Crippen molar-refractivity contribution in [2.75, 3.05) is 5.32 Å². The van der Waals surface area contributed by atoms with E-state index in [4.69, 9.17) is 0 Å². The topological polar surface area (TPSA) is 29.1 Å². The maximum Gasteiger partial charge on any atom is 0.255 e. The molecule has 1 amide bonds. The molecule has 0 radical (unpaired) electrons. The van der Waals surface area contributed by atoms with Crippen LogP contribution >= 0.6 is 15.9 Å². The third-order valence-corrected chi connectivity index (χ3v) is 6.79. The Kier molecular flexibility index (Phi) is 5.12. The number of halogens is 1. The lowest BCUT2D eigenvalue weighted by Crippen LogP contribution is -2.12. The van der Waals surface area contributed by atoms with Crippen LogP contribution in [0.5, 0.6) is 0 Å². The second-order valence-corrected chi connectivity index (χ2v) is 9.31. The molecule has 6 aromatic carbocycles. The molecule has 0 atom stereocenters. The van der Waals surface area contributed by atoms with Gasteiger partial charge in [0.1, 0.15) is 0 Å². The van der Waals surface area contributed by atoms with Crippen molar-refractivity contribution >= 4 is 59.8 Å². The van der Waals surface area contributed by atoms with Crippen LogP contribution in [0.3, 0.4) is 0 Å². The third-order valence-electron chi connectivity index (χ3n) is 6.30. The molecule has 1 N–H and O–H groups in total. The summed E-state index contributed by atoms with van der Waals surface area (Å²) in [6.07, 6.45) is 0. The number of carbonyl (C=O) groups excluding carboxylic acids is 1. The molecule has 162 valence electrons. The van der Waals surface area contributed by atoms with Crippen LogP contribution in [0.4, 0.5) is 5.69 Å². The summed E-state index contributed by atoms with van der Waals surface area (Å²) < 4.78 is 1.02. The number of para-hydroxylation sites is 1. The standard InChI is InChI=1S/C31H20BrNO/c32-24-16-15-20-17-23(14-13-21(20)18-24)31(34)33-30-12-6-5-11-28(30)29-19-22-7-1-2-8-25(22)26-9-3-4-10-27(26)29/h1-19H,(H,33,34). The van der Waals surface area contributed by atoms with E-state index in [0.717, 1.165) is 32.1 Å². The molecule has 2 nitrogen and oxygen atoms in total. The van der Waals surface area contributed by atoms with Gasteiger partial charge in [-0.05, 0) is 74.3 Å². The number of hydrogen-bond donors (Lipinski definition) is 1. The number of hydrogen-bond acceptors (Lipinski definition) is 1. The second kappa shape index (κ2) is 8.44. The van der Waals surface area contributed by atoms with Crippen molar-refractivity contribution in [1.29, 1.82) is 0 Å². The molecular weight excluding hydrogens is 482 g/mol. The Morgan fingerprint density at radius 2 is 1.24 bits per heavy atom. The lowest BCUT2D eigenvalue weighted by Gasteiger charge is -2.15. The zero-order valence-corrected chi connectivity index (χ0v) is 19.8. The number of fused-ring (bicyclic) bond motifs is 4. The van der Waals surface area contributed by atoms with E-state index in [-0.39, 0.29) is 5.91 Å². The van der Waals surface area contributed by atoms with Crippen LogP contribution in [0.15, 0.2) is 120 Å². The minimum Gasteiger partial charge on any atom is -0.321 e. The minimum atomic E-state index is -0.123. The summed E-state index contributed by atoms with van der Waals surface area (Å²) >= 11 is 3.51. The van der Waals surface area contributed by atoms with Crippen molar-refractivity contribution < 1.29 is 4.79 Å². The normalized spacial score (nSPS) is 11.2. The van der Waals surface area contributed by atoms with Crippen LogP contribution in [-0.4, -0.2) is 5.91 Å². The molecule has 0 aromatic heterocycles. The van der Waals surface area contributed by atoms with E-state index in [1.165, 1.54) is 21.5 Å². The van der Waals surface area contributed by atoms with Crippen molar-refractivity contribution in [3.63, 3.8) is 0 Å². The van der Waals surface area contributed by atoms with E-state index < -0.39 is 0 Å². The molecule has 0 bridgehead atoms. The molecule has 0 saturated heterocycles. The van der Waals surface area contributed by atoms with Crippen molar-refractivity contribution in [1.82, 2.24) is 0 Å². The van der Waals surface area contributed by atoms with Crippen LogP contribution in [0.1, 0.15) is 10.4 Å². The van der Waals surface area contributed by atoms with Gasteiger partial charge in [0.25, 0.3) is 5.91 Å². The summed E-state index contributed by atoms with van der Waals surface area (Å²) in [5.41, 5.74) is 3.54. The molecule has 0 spiro atoms. The average Bonchev–Trinajstić information content (AvgIpc) is 2.88. The van der Waals surface area contributed by atoms with Gasteiger partial charge in [0, 0.05) is 21.3 Å². The molecule has 0 aliphatic carbocycles. The maximum absolute atomic E-state index is 13.3. The highest BCUT2D eigenvalue weighted by Crippen LogP contribution is 2.38.